The first-order valence-corrected chi connectivity index (χ1v) is 8.24. The lowest BCUT2D eigenvalue weighted by atomic mass is 9.98. The lowest BCUT2D eigenvalue weighted by Gasteiger charge is -2.28. The third-order valence-corrected chi connectivity index (χ3v) is 4.45. The summed E-state index contributed by atoms with van der Waals surface area (Å²) in [5, 5.41) is 10.6. The Kier molecular flexibility index (Phi) is 3.54. The van der Waals surface area contributed by atoms with Crippen LogP contribution < -0.4 is 14.9 Å². The molecule has 0 spiro atoms. The molecule has 5 heteroatoms. The zero-order valence-corrected chi connectivity index (χ0v) is 14.7. The van der Waals surface area contributed by atoms with Crippen LogP contribution in [0.15, 0.2) is 51.9 Å². The van der Waals surface area contributed by atoms with Gasteiger partial charge in [0.2, 0.25) is 5.43 Å². The molecule has 0 fully saturated rings. The summed E-state index contributed by atoms with van der Waals surface area (Å²) in [6.45, 7) is 3.77. The smallest absolute Gasteiger partial charge is 0.204 e. The molecule has 0 amide bonds. The highest BCUT2D eigenvalue weighted by molar-refractivity contribution is 5.93. The fourth-order valence-corrected chi connectivity index (χ4v) is 3.07. The number of ether oxygens (including phenoxy) is 2. The van der Waals surface area contributed by atoms with Gasteiger partial charge in [-0.1, -0.05) is 12.1 Å². The maximum absolute atomic E-state index is 13.2. The number of hydrogen-bond donors (Lipinski definition) is 1. The molecule has 5 nitrogen and oxygen atoms in total. The van der Waals surface area contributed by atoms with Crippen molar-refractivity contribution in [2.24, 2.45) is 0 Å². The van der Waals surface area contributed by atoms with E-state index in [1.54, 1.807) is 37.5 Å². The van der Waals surface area contributed by atoms with Gasteiger partial charge in [-0.2, -0.15) is 0 Å². The minimum atomic E-state index is -0.587. The zero-order chi connectivity index (χ0) is 18.5. The van der Waals surface area contributed by atoms with Crippen LogP contribution >= 0.6 is 0 Å². The SMILES string of the molecule is COc1ccc(-c2coc3cc(O)c4c(c3c2=O)OC(C)(C)C=C4)cc1. The van der Waals surface area contributed by atoms with Crippen molar-refractivity contribution in [2.75, 3.05) is 7.11 Å². The summed E-state index contributed by atoms with van der Waals surface area (Å²) in [6, 6.07) is 8.61. The highest BCUT2D eigenvalue weighted by atomic mass is 16.5. The van der Waals surface area contributed by atoms with Crippen molar-refractivity contribution in [3.63, 3.8) is 0 Å². The number of aromatic hydroxyl groups is 1. The lowest BCUT2D eigenvalue weighted by Crippen LogP contribution is -2.28. The van der Waals surface area contributed by atoms with Crippen LogP contribution in [0.3, 0.4) is 0 Å². The Balaban J connectivity index is 1.99. The van der Waals surface area contributed by atoms with Gasteiger partial charge in [0.15, 0.2) is 0 Å². The van der Waals surface area contributed by atoms with Gasteiger partial charge in [-0.25, -0.2) is 0 Å². The van der Waals surface area contributed by atoms with E-state index in [4.69, 9.17) is 13.9 Å². The molecule has 26 heavy (non-hydrogen) atoms. The first kappa shape index (κ1) is 16.3. The average molecular weight is 350 g/mol. The molecule has 1 aliphatic heterocycles. The van der Waals surface area contributed by atoms with Crippen molar-refractivity contribution in [1.29, 1.82) is 0 Å². The first-order chi connectivity index (χ1) is 12.4. The van der Waals surface area contributed by atoms with Gasteiger partial charge in [-0.15, -0.1) is 0 Å². The molecule has 0 aliphatic carbocycles. The minimum Gasteiger partial charge on any atom is -0.507 e. The molecule has 2 aromatic carbocycles. The van der Waals surface area contributed by atoms with Crippen LogP contribution in [0.4, 0.5) is 0 Å². The summed E-state index contributed by atoms with van der Waals surface area (Å²) >= 11 is 0. The third-order valence-electron chi connectivity index (χ3n) is 4.45. The molecule has 3 aromatic rings. The highest BCUT2D eigenvalue weighted by Crippen LogP contribution is 2.41. The van der Waals surface area contributed by atoms with Gasteiger partial charge in [0.25, 0.3) is 0 Å². The van der Waals surface area contributed by atoms with Gasteiger partial charge in [-0.3, -0.25) is 4.79 Å². The molecule has 132 valence electrons. The van der Waals surface area contributed by atoms with E-state index in [1.165, 1.54) is 12.3 Å². The summed E-state index contributed by atoms with van der Waals surface area (Å²) < 4.78 is 16.8. The Morgan fingerprint density at radius 1 is 1.15 bits per heavy atom. The molecule has 0 unspecified atom stereocenters. The number of fused-ring (bicyclic) bond motifs is 3. The van der Waals surface area contributed by atoms with E-state index < -0.39 is 5.60 Å². The minimum absolute atomic E-state index is 0.0135. The monoisotopic (exact) mass is 350 g/mol. The first-order valence-electron chi connectivity index (χ1n) is 8.24. The van der Waals surface area contributed by atoms with Crippen LogP contribution in [0.2, 0.25) is 0 Å². The van der Waals surface area contributed by atoms with Crippen molar-refractivity contribution in [1.82, 2.24) is 0 Å². The van der Waals surface area contributed by atoms with Crippen LogP contribution in [0.25, 0.3) is 28.2 Å². The van der Waals surface area contributed by atoms with Crippen LogP contribution in [0.5, 0.6) is 17.2 Å². The van der Waals surface area contributed by atoms with Gasteiger partial charge < -0.3 is 19.0 Å². The summed E-state index contributed by atoms with van der Waals surface area (Å²) in [7, 11) is 1.59. The van der Waals surface area contributed by atoms with E-state index in [0.29, 0.717) is 33.6 Å². The van der Waals surface area contributed by atoms with Crippen LogP contribution in [-0.2, 0) is 0 Å². The Morgan fingerprint density at radius 3 is 2.58 bits per heavy atom. The molecule has 0 bridgehead atoms. The topological polar surface area (TPSA) is 68.9 Å². The van der Waals surface area contributed by atoms with Crippen LogP contribution in [0, 0.1) is 0 Å². The maximum Gasteiger partial charge on any atom is 0.204 e. The largest absolute Gasteiger partial charge is 0.507 e. The van der Waals surface area contributed by atoms with E-state index in [-0.39, 0.29) is 16.8 Å². The molecule has 0 saturated carbocycles. The van der Waals surface area contributed by atoms with Gasteiger partial charge in [0, 0.05) is 6.07 Å². The predicted octanol–water partition coefficient (Wildman–Crippen LogP) is 4.36. The van der Waals surface area contributed by atoms with Crippen molar-refractivity contribution >= 4 is 17.0 Å². The number of phenols is 1. The summed E-state index contributed by atoms with van der Waals surface area (Å²) in [4.78, 5) is 13.2. The molecule has 1 N–H and O–H groups in total. The summed E-state index contributed by atoms with van der Waals surface area (Å²) in [5.74, 6) is 1.06. The Morgan fingerprint density at radius 2 is 1.88 bits per heavy atom. The Bertz CT molecular complexity index is 1090. The van der Waals surface area contributed by atoms with E-state index >= 15 is 0 Å². The Labute approximate surface area is 150 Å². The summed E-state index contributed by atoms with van der Waals surface area (Å²) in [5.41, 5.74) is 1.11. The number of benzene rings is 2. The molecule has 0 atom stereocenters. The van der Waals surface area contributed by atoms with Crippen molar-refractivity contribution in [3.05, 3.63) is 58.5 Å². The number of methoxy groups -OCH3 is 1. The second kappa shape index (κ2) is 5.66. The van der Waals surface area contributed by atoms with Crippen molar-refractivity contribution in [3.8, 4) is 28.4 Å². The molecule has 1 aliphatic rings. The van der Waals surface area contributed by atoms with Crippen molar-refractivity contribution < 1.29 is 19.0 Å². The van der Waals surface area contributed by atoms with Crippen molar-refractivity contribution in [2.45, 2.75) is 19.4 Å². The molecule has 0 radical (unpaired) electrons. The second-order valence-corrected chi connectivity index (χ2v) is 6.76. The molecule has 1 aromatic heterocycles. The number of phenolic OH excluding ortho intramolecular Hbond substituents is 1. The standard InChI is InChI=1S/C21H18O5/c1-21(2)9-8-14-16(22)10-17-18(20(14)26-21)19(23)15(11-25-17)12-4-6-13(24-3)7-5-12/h4-11,22H,1-3H3. The third kappa shape index (κ3) is 2.52. The van der Waals surface area contributed by atoms with Gasteiger partial charge in [-0.05, 0) is 43.7 Å². The fourth-order valence-electron chi connectivity index (χ4n) is 3.07. The van der Waals surface area contributed by atoms with E-state index in [0.717, 1.165) is 0 Å². The molecule has 0 saturated heterocycles. The zero-order valence-electron chi connectivity index (χ0n) is 14.7. The molecular weight excluding hydrogens is 332 g/mol. The lowest BCUT2D eigenvalue weighted by molar-refractivity contribution is 0.160. The van der Waals surface area contributed by atoms with Crippen LogP contribution in [-0.4, -0.2) is 17.8 Å². The van der Waals surface area contributed by atoms with E-state index in [9.17, 15) is 9.90 Å². The fraction of sp³-hybridized carbons (Fsp3) is 0.190. The molecular formula is C21H18O5. The van der Waals surface area contributed by atoms with Gasteiger partial charge in [0.1, 0.15) is 40.1 Å². The van der Waals surface area contributed by atoms with E-state index in [2.05, 4.69) is 0 Å². The second-order valence-electron chi connectivity index (χ2n) is 6.76. The highest BCUT2D eigenvalue weighted by Gasteiger charge is 2.28. The average Bonchev–Trinajstić information content (AvgIpc) is 2.61. The molecule has 4 rings (SSSR count). The molecule has 2 heterocycles. The van der Waals surface area contributed by atoms with Crippen LogP contribution in [0.1, 0.15) is 19.4 Å². The quantitative estimate of drug-likeness (QED) is 0.744. The number of hydrogen-bond acceptors (Lipinski definition) is 5. The number of rotatable bonds is 2. The van der Waals surface area contributed by atoms with Gasteiger partial charge >= 0.3 is 0 Å². The summed E-state index contributed by atoms with van der Waals surface area (Å²) in [6.07, 6.45) is 5.02. The maximum atomic E-state index is 13.2. The normalized spacial score (nSPS) is 14.7. The predicted molar refractivity (Wildman–Crippen MR) is 99.9 cm³/mol. The van der Waals surface area contributed by atoms with E-state index in [1.807, 2.05) is 19.9 Å². The van der Waals surface area contributed by atoms with Gasteiger partial charge in [0.05, 0.1) is 18.2 Å². The Hall–Kier alpha value is -3.21.